The van der Waals surface area contributed by atoms with Crippen LogP contribution in [0.2, 0.25) is 5.02 Å². The molecule has 1 aromatic heterocycles. The van der Waals surface area contributed by atoms with E-state index in [0.29, 0.717) is 37.0 Å². The smallest absolute Gasteiger partial charge is 0.295 e. The molecule has 0 bridgehead atoms. The van der Waals surface area contributed by atoms with E-state index in [1.165, 1.54) is 4.90 Å². The van der Waals surface area contributed by atoms with Crippen LogP contribution in [0.25, 0.3) is 0 Å². The lowest BCUT2D eigenvalue weighted by atomic mass is 10.3. The summed E-state index contributed by atoms with van der Waals surface area (Å²) in [5.74, 6) is 0.288. The van der Waals surface area contributed by atoms with E-state index < -0.39 is 17.6 Å². The van der Waals surface area contributed by atoms with Crippen LogP contribution in [-0.2, 0) is 9.63 Å². The Bertz CT molecular complexity index is 505. The molecule has 0 saturated carbocycles. The Morgan fingerprint density at radius 2 is 2.15 bits per heavy atom. The van der Waals surface area contributed by atoms with Gasteiger partial charge in [-0.2, -0.15) is 0 Å². The lowest BCUT2D eigenvalue weighted by Crippen LogP contribution is -2.50. The van der Waals surface area contributed by atoms with Crippen molar-refractivity contribution in [1.29, 1.82) is 0 Å². The zero-order valence-corrected chi connectivity index (χ0v) is 11.3. The third-order valence-electron chi connectivity index (χ3n) is 2.96. The first-order chi connectivity index (χ1) is 9.58. The number of piperazine rings is 1. The van der Waals surface area contributed by atoms with E-state index in [9.17, 15) is 14.9 Å². The Labute approximate surface area is 120 Å². The monoisotopic (exact) mass is 300 g/mol. The molecule has 0 radical (unpaired) electrons. The van der Waals surface area contributed by atoms with Gasteiger partial charge in [-0.1, -0.05) is 11.6 Å². The molecular weight excluding hydrogens is 288 g/mol. The highest BCUT2D eigenvalue weighted by Gasteiger charge is 2.23. The molecule has 2 heterocycles. The number of rotatable bonds is 4. The van der Waals surface area contributed by atoms with Crippen LogP contribution in [0.5, 0.6) is 0 Å². The molecule has 1 aliphatic heterocycles. The Kier molecular flexibility index (Phi) is 4.57. The van der Waals surface area contributed by atoms with Gasteiger partial charge >= 0.3 is 0 Å². The lowest BCUT2D eigenvalue weighted by molar-refractivity contribution is -0.754. The first-order valence-electron chi connectivity index (χ1n) is 5.98. The van der Waals surface area contributed by atoms with Crippen LogP contribution in [0.1, 0.15) is 0 Å². The number of aromatic nitrogens is 1. The quantitative estimate of drug-likeness (QED) is 0.597. The van der Waals surface area contributed by atoms with E-state index in [2.05, 4.69) is 9.82 Å². The lowest BCUT2D eigenvalue weighted by Gasteiger charge is -2.35. The van der Waals surface area contributed by atoms with Gasteiger partial charge in [0.2, 0.25) is 5.91 Å². The first kappa shape index (κ1) is 14.3. The van der Waals surface area contributed by atoms with Crippen LogP contribution >= 0.6 is 11.6 Å². The maximum Gasteiger partial charge on any atom is 0.295 e. The number of hydrogen-bond donors (Lipinski definition) is 0. The molecule has 2 rings (SSSR count). The van der Waals surface area contributed by atoms with Gasteiger partial charge in [0.1, 0.15) is 5.82 Å². The molecule has 0 unspecified atom stereocenters. The zero-order valence-electron chi connectivity index (χ0n) is 10.6. The summed E-state index contributed by atoms with van der Waals surface area (Å²) in [6, 6.07) is 3.51. The van der Waals surface area contributed by atoms with Crippen molar-refractivity contribution in [3.8, 4) is 0 Å². The predicted molar refractivity (Wildman–Crippen MR) is 71.0 cm³/mol. The number of pyridine rings is 1. The molecule has 1 saturated heterocycles. The van der Waals surface area contributed by atoms with Crippen molar-refractivity contribution in [3.05, 3.63) is 33.5 Å². The van der Waals surface area contributed by atoms with Crippen LogP contribution < -0.4 is 4.90 Å². The summed E-state index contributed by atoms with van der Waals surface area (Å²) in [7, 11) is 0. The average Bonchev–Trinajstić information content (AvgIpc) is 2.45. The highest BCUT2D eigenvalue weighted by Crippen LogP contribution is 2.23. The second-order valence-electron chi connectivity index (χ2n) is 4.17. The SMILES string of the molecule is O=C(CO[N+](=O)[O-])N1CCN(c2ncccc2Cl)CC1. The van der Waals surface area contributed by atoms with Crippen molar-refractivity contribution in [2.24, 2.45) is 0 Å². The maximum atomic E-state index is 11.6. The molecule has 1 aromatic rings. The van der Waals surface area contributed by atoms with Crippen LogP contribution in [0.3, 0.4) is 0 Å². The second-order valence-corrected chi connectivity index (χ2v) is 4.58. The van der Waals surface area contributed by atoms with E-state index in [1.807, 2.05) is 4.90 Å². The third kappa shape index (κ3) is 3.47. The molecule has 1 fully saturated rings. The van der Waals surface area contributed by atoms with Crippen molar-refractivity contribution in [3.63, 3.8) is 0 Å². The molecule has 1 amide bonds. The van der Waals surface area contributed by atoms with Crippen LogP contribution in [0, 0.1) is 10.1 Å². The molecule has 0 aromatic carbocycles. The van der Waals surface area contributed by atoms with Gasteiger partial charge in [0, 0.05) is 32.4 Å². The minimum absolute atomic E-state index is 0.395. The van der Waals surface area contributed by atoms with Gasteiger partial charge in [0.15, 0.2) is 6.61 Å². The van der Waals surface area contributed by atoms with Crippen molar-refractivity contribution in [2.75, 3.05) is 37.7 Å². The first-order valence-corrected chi connectivity index (χ1v) is 6.36. The molecule has 20 heavy (non-hydrogen) atoms. The molecule has 0 spiro atoms. The molecule has 1 aliphatic rings. The van der Waals surface area contributed by atoms with E-state index >= 15 is 0 Å². The van der Waals surface area contributed by atoms with E-state index in [0.717, 1.165) is 0 Å². The zero-order chi connectivity index (χ0) is 14.5. The fourth-order valence-electron chi connectivity index (χ4n) is 1.98. The average molecular weight is 301 g/mol. The molecule has 9 heteroatoms. The third-order valence-corrected chi connectivity index (χ3v) is 3.26. The van der Waals surface area contributed by atoms with E-state index in [-0.39, 0.29) is 0 Å². The van der Waals surface area contributed by atoms with Gasteiger partial charge in [-0.15, -0.1) is 10.1 Å². The fourth-order valence-corrected chi connectivity index (χ4v) is 2.22. The summed E-state index contributed by atoms with van der Waals surface area (Å²) in [5.41, 5.74) is 0. The Morgan fingerprint density at radius 3 is 2.75 bits per heavy atom. The predicted octanol–water partition coefficient (Wildman–Crippen LogP) is 0.592. The number of carbonyl (C=O) groups excluding carboxylic acids is 1. The number of halogens is 1. The normalized spacial score (nSPS) is 15.1. The van der Waals surface area contributed by atoms with Crippen molar-refractivity contribution in [1.82, 2.24) is 9.88 Å². The number of carbonyl (C=O) groups is 1. The number of amides is 1. The minimum atomic E-state index is -0.970. The highest BCUT2D eigenvalue weighted by molar-refractivity contribution is 6.32. The molecule has 8 nitrogen and oxygen atoms in total. The van der Waals surface area contributed by atoms with Gasteiger partial charge in [0.05, 0.1) is 5.02 Å². The van der Waals surface area contributed by atoms with Crippen molar-refractivity contribution >= 4 is 23.3 Å². The van der Waals surface area contributed by atoms with E-state index in [4.69, 9.17) is 11.6 Å². The van der Waals surface area contributed by atoms with Gasteiger partial charge in [-0.05, 0) is 12.1 Å². The second kappa shape index (κ2) is 6.38. The Hall–Kier alpha value is -2.09. The Morgan fingerprint density at radius 1 is 1.45 bits per heavy atom. The van der Waals surface area contributed by atoms with Gasteiger partial charge in [-0.3, -0.25) is 4.79 Å². The fraction of sp³-hybridized carbons (Fsp3) is 0.455. The molecule has 0 N–H and O–H groups in total. The number of hydrogen-bond acceptors (Lipinski definition) is 6. The van der Waals surface area contributed by atoms with E-state index in [1.54, 1.807) is 18.3 Å². The molecular formula is C11H13ClN4O4. The summed E-state index contributed by atoms with van der Waals surface area (Å²) in [6.45, 7) is 1.50. The van der Waals surface area contributed by atoms with Crippen LogP contribution in [0.4, 0.5) is 5.82 Å². The molecule has 108 valence electrons. The van der Waals surface area contributed by atoms with Crippen LogP contribution in [0.15, 0.2) is 18.3 Å². The van der Waals surface area contributed by atoms with Crippen molar-refractivity contribution in [2.45, 2.75) is 0 Å². The molecule has 0 atom stereocenters. The number of nitrogens with zero attached hydrogens (tertiary/aromatic N) is 4. The molecule has 0 aliphatic carbocycles. The van der Waals surface area contributed by atoms with Crippen molar-refractivity contribution < 1.29 is 14.7 Å². The summed E-state index contributed by atoms with van der Waals surface area (Å²) in [6.07, 6.45) is 1.66. The van der Waals surface area contributed by atoms with Gasteiger partial charge < -0.3 is 14.6 Å². The summed E-state index contributed by atoms with van der Waals surface area (Å²) < 4.78 is 0. The minimum Gasteiger partial charge on any atom is -0.352 e. The summed E-state index contributed by atoms with van der Waals surface area (Å²) >= 11 is 6.06. The highest BCUT2D eigenvalue weighted by atomic mass is 35.5. The summed E-state index contributed by atoms with van der Waals surface area (Å²) in [5, 5.41) is 9.63. The maximum absolute atomic E-state index is 11.6. The van der Waals surface area contributed by atoms with Gasteiger partial charge in [-0.25, -0.2) is 4.98 Å². The topological polar surface area (TPSA) is 88.8 Å². The Balaban J connectivity index is 1.88. The van der Waals surface area contributed by atoms with Crippen LogP contribution in [-0.4, -0.2) is 53.7 Å². The van der Waals surface area contributed by atoms with Gasteiger partial charge in [0.25, 0.3) is 5.09 Å². The number of anilines is 1. The standard InChI is InChI=1S/C11H13ClN4O4/c12-9-2-1-3-13-11(9)15-6-4-14(5-7-15)10(17)8-20-16(18)19/h1-3H,4-8H2. The summed E-state index contributed by atoms with van der Waals surface area (Å²) in [4.78, 5) is 33.5. The largest absolute Gasteiger partial charge is 0.352 e.